The van der Waals surface area contributed by atoms with Crippen molar-refractivity contribution in [3.05, 3.63) is 12.2 Å². The highest BCUT2D eigenvalue weighted by molar-refractivity contribution is 7.86. The van der Waals surface area contributed by atoms with Crippen LogP contribution in [-0.4, -0.2) is 54.8 Å². The first-order valence-electron chi connectivity index (χ1n) is 8.69. The van der Waals surface area contributed by atoms with Crippen molar-refractivity contribution in [1.82, 2.24) is 0 Å². The first-order valence-corrected chi connectivity index (χ1v) is 10.1. The molecule has 0 radical (unpaired) electrons. The molecule has 1 rings (SSSR count). The standard InChI is InChI=1S/C16H21F5O8S/c1-10(2)12(22)29-15(16(19,20)21,13(23)28-11-6-4-3-5-7-11)27-9-8-14(17,18)30(24,25)26/h11H,1,3-9H2,2H3,(H,24,25,26). The molecule has 0 heterocycles. The number of hydrogen-bond acceptors (Lipinski definition) is 7. The largest absolute Gasteiger partial charge is 0.468 e. The van der Waals surface area contributed by atoms with Gasteiger partial charge in [-0.15, -0.1) is 0 Å². The fraction of sp³-hybridized carbons (Fsp3) is 0.750. The van der Waals surface area contributed by atoms with Gasteiger partial charge in [-0.05, 0) is 32.6 Å². The third-order valence-corrected chi connectivity index (χ3v) is 5.09. The van der Waals surface area contributed by atoms with E-state index >= 15 is 0 Å². The Balaban J connectivity index is 3.20. The summed E-state index contributed by atoms with van der Waals surface area (Å²) in [5.74, 6) is -8.36. The van der Waals surface area contributed by atoms with E-state index in [1.165, 1.54) is 0 Å². The summed E-state index contributed by atoms with van der Waals surface area (Å²) in [7, 11) is -5.97. The van der Waals surface area contributed by atoms with E-state index in [9.17, 15) is 40.0 Å². The van der Waals surface area contributed by atoms with Gasteiger partial charge in [-0.3, -0.25) is 4.55 Å². The van der Waals surface area contributed by atoms with Crippen molar-refractivity contribution in [2.75, 3.05) is 6.61 Å². The van der Waals surface area contributed by atoms with Crippen LogP contribution in [0.25, 0.3) is 0 Å². The van der Waals surface area contributed by atoms with Crippen LogP contribution in [0.15, 0.2) is 12.2 Å². The predicted molar refractivity (Wildman–Crippen MR) is 89.7 cm³/mol. The average molecular weight is 468 g/mol. The fourth-order valence-electron chi connectivity index (χ4n) is 2.46. The summed E-state index contributed by atoms with van der Waals surface area (Å²) < 4.78 is 111. The van der Waals surface area contributed by atoms with Crippen LogP contribution in [0, 0.1) is 0 Å². The van der Waals surface area contributed by atoms with E-state index in [0.717, 1.165) is 13.3 Å². The second-order valence-corrected chi connectivity index (χ2v) is 8.21. The molecule has 14 heteroatoms. The van der Waals surface area contributed by atoms with Crippen LogP contribution in [-0.2, 0) is 33.9 Å². The summed E-state index contributed by atoms with van der Waals surface area (Å²) in [6, 6.07) is 0. The second-order valence-electron chi connectivity index (χ2n) is 6.66. The van der Waals surface area contributed by atoms with Gasteiger partial charge in [-0.1, -0.05) is 13.0 Å². The molecule has 0 bridgehead atoms. The molecular weight excluding hydrogens is 447 g/mol. The van der Waals surface area contributed by atoms with Gasteiger partial charge in [0.05, 0.1) is 13.0 Å². The van der Waals surface area contributed by atoms with Crippen LogP contribution in [0.5, 0.6) is 0 Å². The Labute approximate surface area is 169 Å². The number of esters is 2. The number of alkyl halides is 5. The van der Waals surface area contributed by atoms with Crippen molar-refractivity contribution in [3.63, 3.8) is 0 Å². The fourth-order valence-corrected chi connectivity index (χ4v) is 2.80. The lowest BCUT2D eigenvalue weighted by Gasteiger charge is -2.34. The van der Waals surface area contributed by atoms with Gasteiger partial charge in [0.1, 0.15) is 6.10 Å². The molecule has 174 valence electrons. The first-order chi connectivity index (χ1) is 13.5. The molecule has 0 aliphatic heterocycles. The van der Waals surface area contributed by atoms with E-state index in [4.69, 9.17) is 9.29 Å². The van der Waals surface area contributed by atoms with E-state index in [1.807, 2.05) is 0 Å². The summed E-state index contributed by atoms with van der Waals surface area (Å²) in [6.45, 7) is 2.29. The molecule has 1 aliphatic carbocycles. The molecule has 0 aromatic heterocycles. The molecule has 1 saturated carbocycles. The van der Waals surface area contributed by atoms with Crippen LogP contribution >= 0.6 is 0 Å². The molecule has 0 aromatic rings. The zero-order valence-corrected chi connectivity index (χ0v) is 16.7. The molecule has 8 nitrogen and oxygen atoms in total. The lowest BCUT2D eigenvalue weighted by molar-refractivity contribution is -0.357. The Morgan fingerprint density at radius 3 is 2.07 bits per heavy atom. The van der Waals surface area contributed by atoms with Gasteiger partial charge in [0.15, 0.2) is 0 Å². The molecular formula is C16H21F5O8S. The molecule has 0 saturated heterocycles. The lowest BCUT2D eigenvalue weighted by atomic mass is 9.98. The normalized spacial score (nSPS) is 18.4. The van der Waals surface area contributed by atoms with E-state index in [-0.39, 0.29) is 12.8 Å². The summed E-state index contributed by atoms with van der Waals surface area (Å²) in [5.41, 5.74) is -0.569. The molecule has 30 heavy (non-hydrogen) atoms. The summed E-state index contributed by atoms with van der Waals surface area (Å²) >= 11 is 0. The molecule has 1 fully saturated rings. The van der Waals surface area contributed by atoms with E-state index in [0.29, 0.717) is 12.8 Å². The SMILES string of the molecule is C=C(C)C(=O)OC(OCCC(F)(F)S(=O)(=O)O)(C(=O)OC1CCCCC1)C(F)(F)F. The second kappa shape index (κ2) is 9.56. The predicted octanol–water partition coefficient (Wildman–Crippen LogP) is 3.13. The summed E-state index contributed by atoms with van der Waals surface area (Å²) in [5, 5.41) is -4.88. The van der Waals surface area contributed by atoms with Crippen LogP contribution < -0.4 is 0 Å². The van der Waals surface area contributed by atoms with Crippen molar-refractivity contribution in [2.24, 2.45) is 0 Å². The van der Waals surface area contributed by atoms with Gasteiger partial charge < -0.3 is 14.2 Å². The van der Waals surface area contributed by atoms with Crippen LogP contribution in [0.4, 0.5) is 22.0 Å². The van der Waals surface area contributed by atoms with Crippen LogP contribution in [0.2, 0.25) is 0 Å². The zero-order chi connectivity index (χ0) is 23.4. The highest BCUT2D eigenvalue weighted by atomic mass is 32.2. The van der Waals surface area contributed by atoms with Gasteiger partial charge in [-0.2, -0.15) is 30.4 Å². The number of halogens is 5. The third kappa shape index (κ3) is 6.35. The Kier molecular flexibility index (Phi) is 8.36. The molecule has 1 aliphatic rings. The molecule has 0 aromatic carbocycles. The minimum Gasteiger partial charge on any atom is -0.457 e. The zero-order valence-electron chi connectivity index (χ0n) is 15.8. The van der Waals surface area contributed by atoms with E-state index < -0.39 is 64.0 Å². The Morgan fingerprint density at radius 2 is 1.63 bits per heavy atom. The van der Waals surface area contributed by atoms with Crippen LogP contribution in [0.1, 0.15) is 45.4 Å². The minimum absolute atomic E-state index is 0.231. The van der Waals surface area contributed by atoms with Crippen molar-refractivity contribution in [1.29, 1.82) is 0 Å². The molecule has 0 amide bonds. The molecule has 1 N–H and O–H groups in total. The Hall–Kier alpha value is -1.80. The maximum absolute atomic E-state index is 13.8. The van der Waals surface area contributed by atoms with Crippen molar-refractivity contribution in [2.45, 2.75) is 68.8 Å². The molecule has 1 unspecified atom stereocenters. The van der Waals surface area contributed by atoms with Gasteiger partial charge in [0, 0.05) is 5.57 Å². The van der Waals surface area contributed by atoms with Crippen molar-refractivity contribution < 1.29 is 58.7 Å². The van der Waals surface area contributed by atoms with Gasteiger partial charge in [-0.25, -0.2) is 9.59 Å². The smallest absolute Gasteiger partial charge is 0.457 e. The highest BCUT2D eigenvalue weighted by Crippen LogP contribution is 2.39. The van der Waals surface area contributed by atoms with Crippen molar-refractivity contribution in [3.8, 4) is 0 Å². The minimum atomic E-state index is -5.97. The molecule has 1 atom stereocenters. The summed E-state index contributed by atoms with van der Waals surface area (Å²) in [6.07, 6.45) is -6.34. The summed E-state index contributed by atoms with van der Waals surface area (Å²) in [4.78, 5) is 24.1. The first kappa shape index (κ1) is 26.2. The number of rotatable bonds is 9. The third-order valence-electron chi connectivity index (χ3n) is 4.13. The van der Waals surface area contributed by atoms with Gasteiger partial charge >= 0.3 is 39.3 Å². The number of hydrogen-bond donors (Lipinski definition) is 1. The Bertz CT molecular complexity index is 758. The topological polar surface area (TPSA) is 116 Å². The monoisotopic (exact) mass is 468 g/mol. The van der Waals surface area contributed by atoms with Crippen LogP contribution in [0.3, 0.4) is 0 Å². The Morgan fingerprint density at radius 1 is 1.10 bits per heavy atom. The van der Waals surface area contributed by atoms with Gasteiger partial charge in [0.25, 0.3) is 0 Å². The van der Waals surface area contributed by atoms with Crippen molar-refractivity contribution >= 4 is 22.1 Å². The number of carbonyl (C=O) groups is 2. The average Bonchev–Trinajstić information content (AvgIpc) is 2.59. The van der Waals surface area contributed by atoms with E-state index in [2.05, 4.69) is 16.1 Å². The van der Waals surface area contributed by atoms with Gasteiger partial charge in [0.2, 0.25) is 0 Å². The highest BCUT2D eigenvalue weighted by Gasteiger charge is 2.68. The van der Waals surface area contributed by atoms with E-state index in [1.54, 1.807) is 0 Å². The number of ether oxygens (including phenoxy) is 3. The quantitative estimate of drug-likeness (QED) is 0.180. The molecule has 0 spiro atoms. The number of carbonyl (C=O) groups excluding carboxylic acids is 2. The maximum Gasteiger partial charge on any atom is 0.468 e. The lowest BCUT2D eigenvalue weighted by Crippen LogP contribution is -2.59. The maximum atomic E-state index is 13.8.